The summed E-state index contributed by atoms with van der Waals surface area (Å²) in [7, 11) is 0. The van der Waals surface area contributed by atoms with Crippen LogP contribution < -0.4 is 4.90 Å². The molecular weight excluding hydrogens is 290 g/mol. The zero-order valence-electron chi connectivity index (χ0n) is 8.67. The minimum atomic E-state index is 0.454. The molecule has 0 aromatic carbocycles. The van der Waals surface area contributed by atoms with E-state index in [1.807, 2.05) is 24.0 Å². The van der Waals surface area contributed by atoms with Crippen molar-refractivity contribution in [2.24, 2.45) is 0 Å². The SMILES string of the molecule is Cc1nnc(N2CC(n3cc(Br)cn3)C2)s1. The number of anilines is 1. The summed E-state index contributed by atoms with van der Waals surface area (Å²) >= 11 is 5.04. The van der Waals surface area contributed by atoms with Gasteiger partial charge in [0.1, 0.15) is 5.01 Å². The molecule has 16 heavy (non-hydrogen) atoms. The lowest BCUT2D eigenvalue weighted by Crippen LogP contribution is -2.48. The summed E-state index contributed by atoms with van der Waals surface area (Å²) in [5.74, 6) is 0. The van der Waals surface area contributed by atoms with Crippen LogP contribution in [0.5, 0.6) is 0 Å². The van der Waals surface area contributed by atoms with Crippen molar-refractivity contribution >= 4 is 32.4 Å². The summed E-state index contributed by atoms with van der Waals surface area (Å²) in [6.45, 7) is 3.90. The maximum absolute atomic E-state index is 4.28. The Morgan fingerprint density at radius 3 is 2.81 bits per heavy atom. The first-order valence-electron chi connectivity index (χ1n) is 4.97. The third kappa shape index (κ3) is 1.73. The van der Waals surface area contributed by atoms with Crippen LogP contribution in [0.15, 0.2) is 16.9 Å². The zero-order valence-corrected chi connectivity index (χ0v) is 11.1. The van der Waals surface area contributed by atoms with Gasteiger partial charge in [0.25, 0.3) is 0 Å². The third-order valence-corrected chi connectivity index (χ3v) is 3.90. The Bertz CT molecular complexity index is 457. The Morgan fingerprint density at radius 1 is 1.44 bits per heavy atom. The lowest BCUT2D eigenvalue weighted by Gasteiger charge is -2.38. The fourth-order valence-corrected chi connectivity index (χ4v) is 2.71. The fourth-order valence-electron chi connectivity index (χ4n) is 1.71. The first-order valence-corrected chi connectivity index (χ1v) is 6.58. The Balaban J connectivity index is 1.66. The second kappa shape index (κ2) is 3.81. The van der Waals surface area contributed by atoms with Crippen LogP contribution in [0.1, 0.15) is 11.0 Å². The van der Waals surface area contributed by atoms with Gasteiger partial charge < -0.3 is 4.90 Å². The van der Waals surface area contributed by atoms with E-state index in [2.05, 4.69) is 36.1 Å². The molecule has 0 N–H and O–H groups in total. The van der Waals surface area contributed by atoms with Gasteiger partial charge in [-0.2, -0.15) is 5.10 Å². The predicted molar refractivity (Wildman–Crippen MR) is 65.8 cm³/mol. The van der Waals surface area contributed by atoms with Crippen LogP contribution in [0, 0.1) is 6.92 Å². The Hall–Kier alpha value is -0.950. The number of hydrogen-bond acceptors (Lipinski definition) is 5. The van der Waals surface area contributed by atoms with Gasteiger partial charge >= 0.3 is 0 Å². The van der Waals surface area contributed by atoms with Crippen molar-refractivity contribution in [3.8, 4) is 0 Å². The van der Waals surface area contributed by atoms with E-state index in [9.17, 15) is 0 Å². The topological polar surface area (TPSA) is 46.8 Å². The second-order valence-corrected chi connectivity index (χ2v) is 5.88. The Kier molecular flexibility index (Phi) is 2.44. The van der Waals surface area contributed by atoms with Crippen LogP contribution >= 0.6 is 27.3 Å². The lowest BCUT2D eigenvalue weighted by atomic mass is 10.1. The van der Waals surface area contributed by atoms with Gasteiger partial charge in [-0.05, 0) is 22.9 Å². The van der Waals surface area contributed by atoms with Gasteiger partial charge in [-0.25, -0.2) is 0 Å². The number of aromatic nitrogens is 4. The lowest BCUT2D eigenvalue weighted by molar-refractivity contribution is 0.367. The molecule has 2 aromatic heterocycles. The molecule has 1 aliphatic heterocycles. The highest BCUT2D eigenvalue weighted by molar-refractivity contribution is 9.10. The molecule has 3 rings (SSSR count). The van der Waals surface area contributed by atoms with Crippen molar-refractivity contribution in [1.29, 1.82) is 0 Å². The highest BCUT2D eigenvalue weighted by atomic mass is 79.9. The maximum Gasteiger partial charge on any atom is 0.208 e. The first-order chi connectivity index (χ1) is 7.72. The molecule has 3 heterocycles. The van der Waals surface area contributed by atoms with Gasteiger partial charge in [0, 0.05) is 19.3 Å². The molecule has 84 valence electrons. The molecule has 0 aliphatic carbocycles. The van der Waals surface area contributed by atoms with Crippen LogP contribution in [0.4, 0.5) is 5.13 Å². The van der Waals surface area contributed by atoms with Crippen molar-refractivity contribution in [1.82, 2.24) is 20.0 Å². The minimum absolute atomic E-state index is 0.454. The van der Waals surface area contributed by atoms with E-state index in [-0.39, 0.29) is 0 Å². The van der Waals surface area contributed by atoms with Crippen molar-refractivity contribution in [2.45, 2.75) is 13.0 Å². The molecule has 0 saturated carbocycles. The average Bonchev–Trinajstić information content (AvgIpc) is 2.74. The molecule has 7 heteroatoms. The smallest absolute Gasteiger partial charge is 0.208 e. The molecule has 0 bridgehead atoms. The largest absolute Gasteiger partial charge is 0.342 e. The highest BCUT2D eigenvalue weighted by Crippen LogP contribution is 2.29. The number of halogens is 1. The summed E-state index contributed by atoms with van der Waals surface area (Å²) in [5.41, 5.74) is 0. The average molecular weight is 300 g/mol. The quantitative estimate of drug-likeness (QED) is 0.849. The summed E-state index contributed by atoms with van der Waals surface area (Å²) < 4.78 is 3.02. The Morgan fingerprint density at radius 2 is 2.25 bits per heavy atom. The molecule has 0 radical (unpaired) electrons. The standard InChI is InChI=1S/C9H10BrN5S/c1-6-12-13-9(16-6)14-4-8(5-14)15-3-7(10)2-11-15/h2-3,8H,4-5H2,1H3. The third-order valence-electron chi connectivity index (χ3n) is 2.59. The van der Waals surface area contributed by atoms with Gasteiger partial charge in [0.2, 0.25) is 5.13 Å². The Labute approximate surface area is 105 Å². The van der Waals surface area contributed by atoms with E-state index >= 15 is 0 Å². The zero-order chi connectivity index (χ0) is 11.1. The summed E-state index contributed by atoms with van der Waals surface area (Å²) in [4.78, 5) is 2.23. The maximum atomic E-state index is 4.28. The summed E-state index contributed by atoms with van der Waals surface area (Å²) in [6.07, 6.45) is 3.82. The monoisotopic (exact) mass is 299 g/mol. The van der Waals surface area contributed by atoms with Crippen LogP contribution in [-0.2, 0) is 0 Å². The summed E-state index contributed by atoms with van der Waals surface area (Å²) in [5, 5.41) is 14.5. The van der Waals surface area contributed by atoms with E-state index in [0.717, 1.165) is 27.7 Å². The van der Waals surface area contributed by atoms with Crippen molar-refractivity contribution < 1.29 is 0 Å². The van der Waals surface area contributed by atoms with Crippen LogP contribution in [0.3, 0.4) is 0 Å². The van der Waals surface area contributed by atoms with Crippen LogP contribution in [-0.4, -0.2) is 33.1 Å². The molecule has 0 amide bonds. The summed E-state index contributed by atoms with van der Waals surface area (Å²) in [6, 6.07) is 0.454. The molecule has 5 nitrogen and oxygen atoms in total. The van der Waals surface area contributed by atoms with Gasteiger partial charge in [-0.3, -0.25) is 4.68 Å². The predicted octanol–water partition coefficient (Wildman–Crippen LogP) is 1.87. The minimum Gasteiger partial charge on any atom is -0.342 e. The molecule has 0 spiro atoms. The number of nitrogens with zero attached hydrogens (tertiary/aromatic N) is 5. The molecule has 1 saturated heterocycles. The van der Waals surface area contributed by atoms with E-state index < -0.39 is 0 Å². The number of aryl methyl sites for hydroxylation is 1. The highest BCUT2D eigenvalue weighted by Gasteiger charge is 2.30. The van der Waals surface area contributed by atoms with E-state index in [4.69, 9.17) is 0 Å². The molecule has 1 fully saturated rings. The van der Waals surface area contributed by atoms with Crippen molar-refractivity contribution in [3.63, 3.8) is 0 Å². The first kappa shape index (κ1) is 10.2. The molecule has 0 atom stereocenters. The van der Waals surface area contributed by atoms with E-state index in [0.29, 0.717) is 6.04 Å². The molecule has 2 aromatic rings. The van der Waals surface area contributed by atoms with Crippen molar-refractivity contribution in [2.75, 3.05) is 18.0 Å². The molecule has 0 unspecified atom stereocenters. The second-order valence-electron chi connectivity index (χ2n) is 3.80. The van der Waals surface area contributed by atoms with Crippen LogP contribution in [0.25, 0.3) is 0 Å². The fraction of sp³-hybridized carbons (Fsp3) is 0.444. The van der Waals surface area contributed by atoms with E-state index in [1.54, 1.807) is 11.3 Å². The van der Waals surface area contributed by atoms with Gasteiger partial charge in [-0.1, -0.05) is 11.3 Å². The van der Waals surface area contributed by atoms with Crippen molar-refractivity contribution in [3.05, 3.63) is 21.9 Å². The normalized spacial score (nSPS) is 16.5. The van der Waals surface area contributed by atoms with Gasteiger partial charge in [0.05, 0.1) is 16.7 Å². The number of rotatable bonds is 2. The van der Waals surface area contributed by atoms with Gasteiger partial charge in [-0.15, -0.1) is 10.2 Å². The van der Waals surface area contributed by atoms with Crippen LogP contribution in [0.2, 0.25) is 0 Å². The molecule has 1 aliphatic rings. The van der Waals surface area contributed by atoms with E-state index in [1.165, 1.54) is 0 Å². The van der Waals surface area contributed by atoms with Gasteiger partial charge in [0.15, 0.2) is 0 Å². The number of hydrogen-bond donors (Lipinski definition) is 0. The molecular formula is C9H10BrN5S.